The van der Waals surface area contributed by atoms with Gasteiger partial charge < -0.3 is 5.32 Å². The zero-order valence-electron chi connectivity index (χ0n) is 5.02. The minimum absolute atomic E-state index is 0.969. The molecule has 46 valence electrons. The molecule has 2 heteroatoms. The molecule has 0 aromatic heterocycles. The van der Waals surface area contributed by atoms with Crippen molar-refractivity contribution in [3.8, 4) is 0 Å². The van der Waals surface area contributed by atoms with E-state index < -0.39 is 0 Å². The van der Waals surface area contributed by atoms with Crippen molar-refractivity contribution in [3.05, 3.63) is 24.3 Å². The summed E-state index contributed by atoms with van der Waals surface area (Å²) in [4.78, 5) is 0. The quantitative estimate of drug-likeness (QED) is 0.532. The summed E-state index contributed by atoms with van der Waals surface area (Å²) in [6.07, 6.45) is 1.14. The molecule has 1 nitrogen and oxygen atoms in total. The normalized spacial score (nSPS) is 17.3. The highest BCUT2D eigenvalue weighted by molar-refractivity contribution is 7.48. The van der Waals surface area contributed by atoms with Gasteiger partial charge in [-0.1, -0.05) is 26.8 Å². The predicted octanol–water partition coefficient (Wildman–Crippen LogP) is 1.37. The zero-order chi connectivity index (χ0) is 6.10. The summed E-state index contributed by atoms with van der Waals surface area (Å²) >= 11 is 0. The van der Waals surface area contributed by atoms with Gasteiger partial charge in [0.15, 0.2) is 0 Å². The number of fused-ring (bicyclic) bond motifs is 1. The van der Waals surface area contributed by atoms with Crippen molar-refractivity contribution in [3.63, 3.8) is 0 Å². The predicted molar refractivity (Wildman–Crippen MR) is 42.9 cm³/mol. The van der Waals surface area contributed by atoms with Gasteiger partial charge in [-0.3, -0.25) is 0 Å². The number of benzene rings is 1. The van der Waals surface area contributed by atoms with Crippen LogP contribution in [0.5, 0.6) is 0 Å². The molecule has 1 aromatic carbocycles. The number of nitrogens with one attached hydrogen (secondary N) is 1. The fraction of sp³-hybridized carbons (Fsp3) is 0.143. The first-order chi connectivity index (χ1) is 4.47. The second-order valence-corrected chi connectivity index (χ2v) is 3.32. The third-order valence-corrected chi connectivity index (χ3v) is 2.66. The number of para-hydroxylation sites is 1. The fourth-order valence-corrected chi connectivity index (χ4v) is 2.07. The van der Waals surface area contributed by atoms with Crippen molar-refractivity contribution in [1.82, 2.24) is 0 Å². The average molecular weight is 137 g/mol. The van der Waals surface area contributed by atoms with Crippen LogP contribution < -0.4 is 10.6 Å². The SMILES string of the molecule is c1ccc2c(c1)NCP2. The van der Waals surface area contributed by atoms with Crippen LogP contribution in [0.25, 0.3) is 0 Å². The van der Waals surface area contributed by atoms with Gasteiger partial charge >= 0.3 is 0 Å². The average Bonchev–Trinajstić information content (AvgIpc) is 2.33. The third-order valence-electron chi connectivity index (χ3n) is 1.48. The lowest BCUT2D eigenvalue weighted by Gasteiger charge is -1.93. The van der Waals surface area contributed by atoms with E-state index >= 15 is 0 Å². The lowest BCUT2D eigenvalue weighted by atomic mass is 10.3. The molecule has 0 spiro atoms. The van der Waals surface area contributed by atoms with Gasteiger partial charge in [-0.2, -0.15) is 0 Å². The summed E-state index contributed by atoms with van der Waals surface area (Å²) in [5.74, 6) is 0. The van der Waals surface area contributed by atoms with Crippen LogP contribution in [-0.4, -0.2) is 6.29 Å². The van der Waals surface area contributed by atoms with E-state index in [1.54, 1.807) is 0 Å². The summed E-state index contributed by atoms with van der Waals surface area (Å²) in [5.41, 5.74) is 1.33. The van der Waals surface area contributed by atoms with Crippen LogP contribution in [0.15, 0.2) is 24.3 Å². The van der Waals surface area contributed by atoms with Gasteiger partial charge in [0.1, 0.15) is 0 Å². The van der Waals surface area contributed by atoms with Crippen molar-refractivity contribution < 1.29 is 0 Å². The van der Waals surface area contributed by atoms with E-state index in [4.69, 9.17) is 0 Å². The highest BCUT2D eigenvalue weighted by atomic mass is 31.1. The molecule has 0 fully saturated rings. The smallest absolute Gasteiger partial charge is 0.0419 e. The Balaban J connectivity index is 2.54. The summed E-state index contributed by atoms with van der Waals surface area (Å²) in [6, 6.07) is 8.49. The first kappa shape index (κ1) is 5.25. The molecular formula is C7H8NP. The number of rotatable bonds is 0. The Morgan fingerprint density at radius 3 is 3.11 bits per heavy atom. The Bertz CT molecular complexity index is 199. The molecule has 1 unspecified atom stereocenters. The summed E-state index contributed by atoms with van der Waals surface area (Å²) < 4.78 is 0. The number of anilines is 1. The lowest BCUT2D eigenvalue weighted by molar-refractivity contribution is 1.52. The Hall–Kier alpha value is -0.550. The molecular weight excluding hydrogens is 129 g/mol. The van der Waals surface area contributed by atoms with Crippen molar-refractivity contribution in [2.45, 2.75) is 0 Å². The second-order valence-electron chi connectivity index (χ2n) is 2.08. The molecule has 0 radical (unpaired) electrons. The number of hydrogen-bond acceptors (Lipinski definition) is 1. The van der Waals surface area contributed by atoms with Gasteiger partial charge in [-0.05, 0) is 11.4 Å². The molecule has 1 N–H and O–H groups in total. The first-order valence-corrected chi connectivity index (χ1v) is 4.24. The van der Waals surface area contributed by atoms with Crippen molar-refractivity contribution in [2.75, 3.05) is 11.6 Å². The van der Waals surface area contributed by atoms with Gasteiger partial charge in [-0.25, -0.2) is 0 Å². The highest BCUT2D eigenvalue weighted by Crippen LogP contribution is 2.23. The minimum atomic E-state index is 0.969. The van der Waals surface area contributed by atoms with Gasteiger partial charge in [-0.15, -0.1) is 0 Å². The maximum atomic E-state index is 3.31. The fourth-order valence-electron chi connectivity index (χ4n) is 1.03. The van der Waals surface area contributed by atoms with Crippen LogP contribution in [-0.2, 0) is 0 Å². The van der Waals surface area contributed by atoms with Gasteiger partial charge in [0.05, 0.1) is 0 Å². The Labute approximate surface area is 56.3 Å². The van der Waals surface area contributed by atoms with E-state index in [2.05, 4.69) is 29.6 Å². The van der Waals surface area contributed by atoms with Crippen LogP contribution in [0.2, 0.25) is 0 Å². The van der Waals surface area contributed by atoms with E-state index in [1.165, 1.54) is 11.0 Å². The van der Waals surface area contributed by atoms with Gasteiger partial charge in [0, 0.05) is 12.0 Å². The van der Waals surface area contributed by atoms with Crippen molar-refractivity contribution >= 4 is 19.6 Å². The molecule has 2 rings (SSSR count). The summed E-state index contributed by atoms with van der Waals surface area (Å²) in [5, 5.41) is 4.80. The van der Waals surface area contributed by atoms with Crippen LogP contribution >= 0.6 is 8.58 Å². The zero-order valence-corrected chi connectivity index (χ0v) is 6.02. The Kier molecular flexibility index (Phi) is 1.17. The molecule has 1 aliphatic rings. The van der Waals surface area contributed by atoms with Crippen LogP contribution in [0.4, 0.5) is 5.69 Å². The van der Waals surface area contributed by atoms with Gasteiger partial charge in [0.25, 0.3) is 0 Å². The molecule has 1 atom stereocenters. The molecule has 0 saturated heterocycles. The standard InChI is InChI=1S/C7H8NP/c1-2-4-7-6(3-1)8-5-9-7/h1-4,8-9H,5H2. The molecule has 1 aliphatic heterocycles. The van der Waals surface area contributed by atoms with Crippen LogP contribution in [0, 0.1) is 0 Å². The second kappa shape index (κ2) is 2.00. The van der Waals surface area contributed by atoms with E-state index in [9.17, 15) is 0 Å². The first-order valence-electron chi connectivity index (χ1n) is 3.03. The maximum absolute atomic E-state index is 3.31. The molecule has 9 heavy (non-hydrogen) atoms. The summed E-state index contributed by atoms with van der Waals surface area (Å²) in [7, 11) is 0.969. The number of hydrogen-bond donors (Lipinski definition) is 1. The topological polar surface area (TPSA) is 12.0 Å². The van der Waals surface area contributed by atoms with Crippen molar-refractivity contribution in [2.24, 2.45) is 0 Å². The van der Waals surface area contributed by atoms with Crippen LogP contribution in [0.1, 0.15) is 0 Å². The largest absolute Gasteiger partial charge is 0.381 e. The lowest BCUT2D eigenvalue weighted by Crippen LogP contribution is -1.92. The maximum Gasteiger partial charge on any atom is 0.0419 e. The van der Waals surface area contributed by atoms with Crippen molar-refractivity contribution in [1.29, 1.82) is 0 Å². The van der Waals surface area contributed by atoms with E-state index in [0.717, 1.165) is 14.9 Å². The molecule has 1 aromatic rings. The third kappa shape index (κ3) is 0.818. The summed E-state index contributed by atoms with van der Waals surface area (Å²) in [6.45, 7) is 0. The molecule has 0 amide bonds. The van der Waals surface area contributed by atoms with Crippen LogP contribution in [0.3, 0.4) is 0 Å². The van der Waals surface area contributed by atoms with Gasteiger partial charge in [0.2, 0.25) is 0 Å². The Morgan fingerprint density at radius 1 is 1.33 bits per heavy atom. The Morgan fingerprint density at radius 2 is 2.22 bits per heavy atom. The van der Waals surface area contributed by atoms with E-state index in [0.29, 0.717) is 0 Å². The molecule has 1 heterocycles. The monoisotopic (exact) mass is 137 g/mol. The molecule has 0 saturated carbocycles. The van der Waals surface area contributed by atoms with E-state index in [1.807, 2.05) is 0 Å². The molecule has 0 aliphatic carbocycles. The molecule has 0 bridgehead atoms. The van der Waals surface area contributed by atoms with E-state index in [-0.39, 0.29) is 0 Å². The highest BCUT2D eigenvalue weighted by Gasteiger charge is 2.05. The minimum Gasteiger partial charge on any atom is -0.381 e.